The summed E-state index contributed by atoms with van der Waals surface area (Å²) in [5.41, 5.74) is 2.42. The number of fused-ring (bicyclic) bond motifs is 1. The molecule has 0 fully saturated rings. The Labute approximate surface area is 204 Å². The Morgan fingerprint density at radius 2 is 1.91 bits per heavy atom. The van der Waals surface area contributed by atoms with Crippen LogP contribution in [0, 0.1) is 0 Å². The number of rotatable bonds is 9. The van der Waals surface area contributed by atoms with Crippen LogP contribution in [0.3, 0.4) is 0 Å². The monoisotopic (exact) mass is 519 g/mol. The lowest BCUT2D eigenvalue weighted by Gasteiger charge is -2.08. The molecule has 34 heavy (non-hydrogen) atoms. The van der Waals surface area contributed by atoms with Crippen LogP contribution in [0.2, 0.25) is 0 Å². The number of ether oxygens (including phenoxy) is 2. The summed E-state index contributed by atoms with van der Waals surface area (Å²) >= 11 is 2.42. The number of amides is 1. The van der Waals surface area contributed by atoms with Crippen molar-refractivity contribution in [2.75, 3.05) is 31.0 Å². The highest BCUT2D eigenvalue weighted by Crippen LogP contribution is 2.33. The third-order valence-corrected chi connectivity index (χ3v) is 8.15. The Kier molecular flexibility index (Phi) is 7.10. The van der Waals surface area contributed by atoms with Crippen LogP contribution in [-0.4, -0.2) is 50.0 Å². The molecule has 2 aromatic carbocycles. The first kappa shape index (κ1) is 24.0. The molecule has 0 bridgehead atoms. The SMILES string of the molecule is CCS(=O)(=O)c1ccc2oc(SCC(=O)Nc3nc(-c4ccc(OC)c(OC)c4)cs3)nc2c1. The molecule has 4 rings (SSSR count). The number of carbonyl (C=O) groups excluding carboxylic acids is 1. The van der Waals surface area contributed by atoms with E-state index in [2.05, 4.69) is 15.3 Å². The molecule has 9 nitrogen and oxygen atoms in total. The molecule has 0 aliphatic rings. The molecular weight excluding hydrogens is 498 g/mol. The van der Waals surface area contributed by atoms with E-state index in [-0.39, 0.29) is 27.5 Å². The number of nitrogens with one attached hydrogen (secondary N) is 1. The van der Waals surface area contributed by atoms with Crippen LogP contribution in [0.4, 0.5) is 5.13 Å². The number of hydrogen-bond acceptors (Lipinski definition) is 10. The van der Waals surface area contributed by atoms with Gasteiger partial charge in [0.1, 0.15) is 5.52 Å². The molecule has 4 aromatic rings. The first-order valence-electron chi connectivity index (χ1n) is 10.1. The maximum atomic E-state index is 12.4. The Bertz CT molecular complexity index is 1450. The number of carbonyl (C=O) groups is 1. The Morgan fingerprint density at radius 1 is 1.12 bits per heavy atom. The summed E-state index contributed by atoms with van der Waals surface area (Å²) in [6.45, 7) is 1.58. The third kappa shape index (κ3) is 5.18. The first-order chi connectivity index (χ1) is 16.3. The van der Waals surface area contributed by atoms with Crippen molar-refractivity contribution in [1.82, 2.24) is 9.97 Å². The number of nitrogens with zero attached hydrogens (tertiary/aromatic N) is 2. The van der Waals surface area contributed by atoms with Gasteiger partial charge in [0.15, 0.2) is 32.1 Å². The van der Waals surface area contributed by atoms with E-state index in [1.807, 2.05) is 17.5 Å². The van der Waals surface area contributed by atoms with Crippen LogP contribution in [0.1, 0.15) is 6.92 Å². The quantitative estimate of drug-likeness (QED) is 0.319. The maximum absolute atomic E-state index is 12.4. The Balaban J connectivity index is 1.39. The van der Waals surface area contributed by atoms with E-state index >= 15 is 0 Å². The number of methoxy groups -OCH3 is 2. The van der Waals surface area contributed by atoms with E-state index in [1.165, 1.54) is 23.5 Å². The third-order valence-electron chi connectivity index (χ3n) is 4.84. The molecule has 0 saturated carbocycles. The normalized spacial score (nSPS) is 11.5. The van der Waals surface area contributed by atoms with Gasteiger partial charge in [0.05, 0.1) is 36.3 Å². The number of benzene rings is 2. The van der Waals surface area contributed by atoms with Gasteiger partial charge in [-0.15, -0.1) is 11.3 Å². The highest BCUT2D eigenvalue weighted by Gasteiger charge is 2.16. The van der Waals surface area contributed by atoms with E-state index in [0.717, 1.165) is 17.3 Å². The molecule has 178 valence electrons. The lowest BCUT2D eigenvalue weighted by atomic mass is 10.1. The van der Waals surface area contributed by atoms with Crippen molar-refractivity contribution >= 4 is 55.1 Å². The highest BCUT2D eigenvalue weighted by molar-refractivity contribution is 7.99. The molecule has 0 atom stereocenters. The fraction of sp³-hybridized carbons (Fsp3) is 0.227. The van der Waals surface area contributed by atoms with E-state index in [1.54, 1.807) is 33.3 Å². The Hall–Kier alpha value is -3.09. The predicted octanol–water partition coefficient (Wildman–Crippen LogP) is 4.49. The second-order valence-corrected chi connectivity index (χ2v) is 11.0. The molecule has 0 aliphatic carbocycles. The summed E-state index contributed by atoms with van der Waals surface area (Å²) in [4.78, 5) is 21.4. The van der Waals surface area contributed by atoms with Gasteiger partial charge in [-0.25, -0.2) is 18.4 Å². The van der Waals surface area contributed by atoms with Crippen LogP contribution < -0.4 is 14.8 Å². The smallest absolute Gasteiger partial charge is 0.257 e. The molecule has 12 heteroatoms. The van der Waals surface area contributed by atoms with Gasteiger partial charge in [-0.1, -0.05) is 18.7 Å². The van der Waals surface area contributed by atoms with Crippen molar-refractivity contribution in [1.29, 1.82) is 0 Å². The number of thiazole rings is 1. The van der Waals surface area contributed by atoms with Gasteiger partial charge in [-0.3, -0.25) is 4.79 Å². The van der Waals surface area contributed by atoms with Crippen LogP contribution in [0.15, 0.2) is 56.3 Å². The fourth-order valence-electron chi connectivity index (χ4n) is 3.05. The molecule has 0 saturated heterocycles. The zero-order valence-corrected chi connectivity index (χ0v) is 21.0. The minimum atomic E-state index is -3.34. The second-order valence-electron chi connectivity index (χ2n) is 6.96. The molecule has 1 amide bonds. The van der Waals surface area contributed by atoms with E-state index in [0.29, 0.717) is 33.4 Å². The second kappa shape index (κ2) is 10.0. The van der Waals surface area contributed by atoms with Gasteiger partial charge in [0, 0.05) is 10.9 Å². The zero-order valence-electron chi connectivity index (χ0n) is 18.5. The number of sulfone groups is 1. The van der Waals surface area contributed by atoms with Crippen molar-refractivity contribution in [2.45, 2.75) is 17.0 Å². The minimum absolute atomic E-state index is 0.00259. The summed E-state index contributed by atoms with van der Waals surface area (Å²) in [5, 5.41) is 5.35. The summed E-state index contributed by atoms with van der Waals surface area (Å²) in [6.07, 6.45) is 0. The number of thioether (sulfide) groups is 1. The van der Waals surface area contributed by atoms with Crippen molar-refractivity contribution in [3.63, 3.8) is 0 Å². The van der Waals surface area contributed by atoms with Gasteiger partial charge < -0.3 is 19.2 Å². The average Bonchev–Trinajstić information content (AvgIpc) is 3.48. The fourth-order valence-corrected chi connectivity index (χ4v) is 5.32. The molecule has 1 N–H and O–H groups in total. The summed E-state index contributed by atoms with van der Waals surface area (Å²) in [7, 11) is -0.203. The van der Waals surface area contributed by atoms with Gasteiger partial charge in [-0.2, -0.15) is 0 Å². The Morgan fingerprint density at radius 3 is 2.65 bits per heavy atom. The highest BCUT2D eigenvalue weighted by atomic mass is 32.2. The van der Waals surface area contributed by atoms with Crippen molar-refractivity contribution < 1.29 is 27.1 Å². The molecule has 0 radical (unpaired) electrons. The largest absolute Gasteiger partial charge is 0.493 e. The summed E-state index contributed by atoms with van der Waals surface area (Å²) in [6, 6.07) is 10.0. The van der Waals surface area contributed by atoms with Crippen LogP contribution in [0.25, 0.3) is 22.4 Å². The molecule has 2 heterocycles. The predicted molar refractivity (Wildman–Crippen MR) is 132 cm³/mol. The average molecular weight is 520 g/mol. The van der Waals surface area contributed by atoms with E-state index < -0.39 is 9.84 Å². The lowest BCUT2D eigenvalue weighted by Crippen LogP contribution is -2.13. The molecule has 0 spiro atoms. The first-order valence-corrected chi connectivity index (χ1v) is 13.6. The van der Waals surface area contributed by atoms with Crippen molar-refractivity contribution in [3.8, 4) is 22.8 Å². The van der Waals surface area contributed by atoms with Gasteiger partial charge in [0.25, 0.3) is 5.22 Å². The van der Waals surface area contributed by atoms with Crippen molar-refractivity contribution in [3.05, 3.63) is 41.8 Å². The number of oxazole rings is 1. The number of anilines is 1. The molecule has 2 aromatic heterocycles. The van der Waals surface area contributed by atoms with Crippen LogP contribution >= 0.6 is 23.1 Å². The number of aromatic nitrogens is 2. The van der Waals surface area contributed by atoms with Crippen LogP contribution in [-0.2, 0) is 14.6 Å². The minimum Gasteiger partial charge on any atom is -0.493 e. The standard InChI is InChI=1S/C22H21N3O6S3/c1-4-34(27,28)14-6-8-17-15(10-14)24-22(31-17)33-12-20(26)25-21-23-16(11-32-21)13-5-7-18(29-2)19(9-13)30-3/h5-11H,4,12H2,1-3H3,(H,23,25,26). The van der Waals surface area contributed by atoms with Gasteiger partial charge in [0.2, 0.25) is 5.91 Å². The lowest BCUT2D eigenvalue weighted by molar-refractivity contribution is -0.113. The van der Waals surface area contributed by atoms with E-state index in [9.17, 15) is 13.2 Å². The maximum Gasteiger partial charge on any atom is 0.257 e. The summed E-state index contributed by atoms with van der Waals surface area (Å²) in [5.74, 6) is 0.998. The molecule has 0 unspecified atom stereocenters. The van der Waals surface area contributed by atoms with E-state index in [4.69, 9.17) is 13.9 Å². The van der Waals surface area contributed by atoms with Crippen LogP contribution in [0.5, 0.6) is 11.5 Å². The topological polar surface area (TPSA) is 121 Å². The molecular formula is C22H21N3O6S3. The molecule has 0 aliphatic heterocycles. The zero-order chi connectivity index (χ0) is 24.3. The van der Waals surface area contributed by atoms with Crippen molar-refractivity contribution in [2.24, 2.45) is 0 Å². The van der Waals surface area contributed by atoms with Gasteiger partial charge >= 0.3 is 0 Å². The number of hydrogen-bond donors (Lipinski definition) is 1. The summed E-state index contributed by atoms with van der Waals surface area (Å²) < 4.78 is 40.3. The van der Waals surface area contributed by atoms with Gasteiger partial charge in [-0.05, 0) is 36.4 Å².